The van der Waals surface area contributed by atoms with Gasteiger partial charge in [-0.05, 0) is 23.4 Å². The number of rotatable bonds is 4. The van der Waals surface area contributed by atoms with Gasteiger partial charge in [-0.15, -0.1) is 23.1 Å². The maximum atomic E-state index is 12.6. The van der Waals surface area contributed by atoms with E-state index in [4.69, 9.17) is 0 Å². The van der Waals surface area contributed by atoms with Crippen molar-refractivity contribution in [2.45, 2.75) is 18.2 Å². The van der Waals surface area contributed by atoms with Crippen LogP contribution < -0.4 is 5.32 Å². The van der Waals surface area contributed by atoms with Gasteiger partial charge in [-0.1, -0.05) is 43.3 Å². The molecular weight excluding hydrogens is 336 g/mol. The fraction of sp³-hybridized carbons (Fsp3) is 0.158. The first-order valence-corrected chi connectivity index (χ1v) is 9.67. The van der Waals surface area contributed by atoms with Gasteiger partial charge in [-0.25, -0.2) is 4.98 Å². The van der Waals surface area contributed by atoms with Gasteiger partial charge in [0.2, 0.25) is 0 Å². The number of fused-ring (bicyclic) bond motifs is 3. The molecule has 0 saturated heterocycles. The monoisotopic (exact) mass is 352 g/mol. The molecule has 0 radical (unpaired) electrons. The van der Waals surface area contributed by atoms with Crippen LogP contribution in [0.4, 0.5) is 5.13 Å². The number of thioether (sulfide) groups is 1. The van der Waals surface area contributed by atoms with Crippen molar-refractivity contribution < 1.29 is 4.79 Å². The number of aromatic nitrogens is 1. The normalized spacial score (nSPS) is 11.9. The number of hydrogen-bond donors (Lipinski definition) is 1. The summed E-state index contributed by atoms with van der Waals surface area (Å²) < 4.78 is 0. The Morgan fingerprint density at radius 1 is 1.21 bits per heavy atom. The van der Waals surface area contributed by atoms with Gasteiger partial charge in [-0.3, -0.25) is 10.1 Å². The van der Waals surface area contributed by atoms with Crippen LogP contribution in [-0.2, 0) is 6.42 Å². The van der Waals surface area contributed by atoms with E-state index in [0.717, 1.165) is 22.8 Å². The summed E-state index contributed by atoms with van der Waals surface area (Å²) >= 11 is 3.25. The summed E-state index contributed by atoms with van der Waals surface area (Å²) in [6.07, 6.45) is 0.904. The van der Waals surface area contributed by atoms with Crippen LogP contribution in [0.3, 0.4) is 0 Å². The predicted octanol–water partition coefficient (Wildman–Crippen LogP) is 5.08. The molecule has 0 fully saturated rings. The minimum Gasteiger partial charge on any atom is -0.298 e. The predicted molar refractivity (Wildman–Crippen MR) is 101 cm³/mol. The molecule has 0 unspecified atom stereocenters. The molecule has 1 aromatic heterocycles. The zero-order chi connectivity index (χ0) is 16.5. The third-order valence-corrected chi connectivity index (χ3v) is 5.90. The molecule has 120 valence electrons. The van der Waals surface area contributed by atoms with E-state index in [9.17, 15) is 4.79 Å². The fourth-order valence-corrected chi connectivity index (χ4v) is 4.71. The van der Waals surface area contributed by atoms with Crippen LogP contribution in [0.2, 0.25) is 0 Å². The number of thiazole rings is 1. The number of anilines is 1. The Labute approximate surface area is 149 Å². The molecule has 0 aliphatic heterocycles. The van der Waals surface area contributed by atoms with Crippen molar-refractivity contribution in [3.63, 3.8) is 0 Å². The van der Waals surface area contributed by atoms with E-state index in [2.05, 4.69) is 35.4 Å². The zero-order valence-electron chi connectivity index (χ0n) is 13.2. The minimum atomic E-state index is -0.0905. The van der Waals surface area contributed by atoms with Crippen molar-refractivity contribution in [1.29, 1.82) is 0 Å². The number of amides is 1. The van der Waals surface area contributed by atoms with E-state index < -0.39 is 0 Å². The molecule has 1 aliphatic carbocycles. The van der Waals surface area contributed by atoms with Crippen LogP contribution in [0.5, 0.6) is 0 Å². The largest absolute Gasteiger partial charge is 0.298 e. The first kappa shape index (κ1) is 15.4. The number of benzene rings is 2. The summed E-state index contributed by atoms with van der Waals surface area (Å²) in [6, 6.07) is 16.0. The summed E-state index contributed by atoms with van der Waals surface area (Å²) in [4.78, 5) is 19.5. The van der Waals surface area contributed by atoms with Crippen molar-refractivity contribution in [1.82, 2.24) is 4.98 Å². The average Bonchev–Trinajstić information content (AvgIpc) is 3.12. The summed E-state index contributed by atoms with van der Waals surface area (Å²) in [5.41, 5.74) is 4.22. The van der Waals surface area contributed by atoms with Gasteiger partial charge in [-0.2, -0.15) is 0 Å². The third kappa shape index (κ3) is 2.74. The van der Waals surface area contributed by atoms with Crippen molar-refractivity contribution in [2.75, 3.05) is 11.1 Å². The molecule has 3 aromatic rings. The summed E-state index contributed by atoms with van der Waals surface area (Å²) in [7, 11) is 0. The Bertz CT molecular complexity index is 917. The number of hydrogen-bond acceptors (Lipinski definition) is 4. The SMILES string of the molecule is CCSc1ccccc1C(=O)Nc1nc2c(s1)Cc1ccccc1-2. The van der Waals surface area contributed by atoms with Crippen LogP contribution in [-0.4, -0.2) is 16.6 Å². The van der Waals surface area contributed by atoms with Gasteiger partial charge >= 0.3 is 0 Å². The first-order valence-electron chi connectivity index (χ1n) is 7.87. The van der Waals surface area contributed by atoms with Crippen molar-refractivity contribution in [3.05, 3.63) is 64.5 Å². The highest BCUT2D eigenvalue weighted by atomic mass is 32.2. The molecule has 4 rings (SSSR count). The standard InChI is InChI=1S/C19H16N2OS2/c1-2-23-15-10-6-5-9-14(15)18(22)21-19-20-17-13-8-4-3-7-12(13)11-16(17)24-19/h3-10H,2,11H2,1H3,(H,20,21,22). The Hall–Kier alpha value is -2.11. The lowest BCUT2D eigenvalue weighted by molar-refractivity contribution is 0.102. The van der Waals surface area contributed by atoms with E-state index in [1.54, 1.807) is 23.1 Å². The molecule has 0 bridgehead atoms. The number of carbonyl (C=O) groups excluding carboxylic acids is 1. The molecule has 2 aromatic carbocycles. The van der Waals surface area contributed by atoms with E-state index in [0.29, 0.717) is 10.7 Å². The lowest BCUT2D eigenvalue weighted by Crippen LogP contribution is -2.12. The van der Waals surface area contributed by atoms with Gasteiger partial charge in [0.15, 0.2) is 5.13 Å². The topological polar surface area (TPSA) is 42.0 Å². The molecule has 1 N–H and O–H groups in total. The molecule has 0 spiro atoms. The number of nitrogens with zero attached hydrogens (tertiary/aromatic N) is 1. The second-order valence-electron chi connectivity index (χ2n) is 5.51. The fourth-order valence-electron chi connectivity index (χ4n) is 2.91. The van der Waals surface area contributed by atoms with Gasteiger partial charge in [0, 0.05) is 21.8 Å². The molecule has 0 saturated carbocycles. The summed E-state index contributed by atoms with van der Waals surface area (Å²) in [5.74, 6) is 0.847. The van der Waals surface area contributed by atoms with E-state index in [1.807, 2.05) is 30.3 Å². The van der Waals surface area contributed by atoms with Crippen LogP contribution in [0.25, 0.3) is 11.3 Å². The molecule has 24 heavy (non-hydrogen) atoms. The quantitative estimate of drug-likeness (QED) is 0.521. The van der Waals surface area contributed by atoms with Gasteiger partial charge in [0.1, 0.15) is 0 Å². The summed E-state index contributed by atoms with van der Waals surface area (Å²) in [5, 5.41) is 3.65. The Morgan fingerprint density at radius 2 is 2.00 bits per heavy atom. The van der Waals surface area contributed by atoms with Crippen molar-refractivity contribution >= 4 is 34.1 Å². The Kier molecular flexibility index (Phi) is 4.12. The van der Waals surface area contributed by atoms with Crippen LogP contribution in [0, 0.1) is 0 Å². The minimum absolute atomic E-state index is 0.0905. The van der Waals surface area contributed by atoms with Crippen LogP contribution in [0.1, 0.15) is 27.7 Å². The molecular formula is C19H16N2OS2. The highest BCUT2D eigenvalue weighted by Crippen LogP contribution is 2.40. The maximum absolute atomic E-state index is 12.6. The first-order chi connectivity index (χ1) is 11.8. The van der Waals surface area contributed by atoms with Crippen molar-refractivity contribution in [2.24, 2.45) is 0 Å². The van der Waals surface area contributed by atoms with E-state index >= 15 is 0 Å². The second kappa shape index (κ2) is 6.42. The lowest BCUT2D eigenvalue weighted by Gasteiger charge is -2.07. The van der Waals surface area contributed by atoms with Gasteiger partial charge < -0.3 is 0 Å². The smallest absolute Gasteiger partial charge is 0.258 e. The van der Waals surface area contributed by atoms with Gasteiger partial charge in [0.25, 0.3) is 5.91 Å². The zero-order valence-corrected chi connectivity index (χ0v) is 14.8. The molecule has 5 heteroatoms. The molecule has 1 amide bonds. The highest BCUT2D eigenvalue weighted by molar-refractivity contribution is 7.99. The summed E-state index contributed by atoms with van der Waals surface area (Å²) in [6.45, 7) is 2.09. The average molecular weight is 352 g/mol. The second-order valence-corrected chi connectivity index (χ2v) is 7.90. The van der Waals surface area contributed by atoms with Crippen LogP contribution >= 0.6 is 23.1 Å². The Balaban J connectivity index is 1.59. The Morgan fingerprint density at radius 3 is 2.88 bits per heavy atom. The lowest BCUT2D eigenvalue weighted by atomic mass is 10.1. The van der Waals surface area contributed by atoms with Gasteiger partial charge in [0.05, 0.1) is 11.3 Å². The number of nitrogens with one attached hydrogen (secondary N) is 1. The molecule has 0 atom stereocenters. The highest BCUT2D eigenvalue weighted by Gasteiger charge is 2.23. The molecule has 1 heterocycles. The third-order valence-electron chi connectivity index (χ3n) is 3.97. The maximum Gasteiger partial charge on any atom is 0.258 e. The molecule has 3 nitrogen and oxygen atoms in total. The van der Waals surface area contributed by atoms with Crippen LogP contribution in [0.15, 0.2) is 53.4 Å². The van der Waals surface area contributed by atoms with E-state index in [-0.39, 0.29) is 5.91 Å². The molecule has 1 aliphatic rings. The van der Waals surface area contributed by atoms with E-state index in [1.165, 1.54) is 16.0 Å². The van der Waals surface area contributed by atoms with Crippen molar-refractivity contribution in [3.8, 4) is 11.3 Å². The number of carbonyl (C=O) groups is 1.